The molecular weight excluding hydrogens is 230 g/mol. The lowest BCUT2D eigenvalue weighted by molar-refractivity contribution is 0.0750. The Balaban J connectivity index is 2.00. The van der Waals surface area contributed by atoms with Crippen LogP contribution in [0.15, 0.2) is 10.6 Å². The number of amides is 1. The molecule has 1 aliphatic heterocycles. The summed E-state index contributed by atoms with van der Waals surface area (Å²) in [6.45, 7) is 3.55. The molecule has 1 aromatic heterocycles. The number of carbonyl (C=O) groups excluding carboxylic acids is 1. The zero-order chi connectivity index (χ0) is 13.0. The normalized spacial score (nSPS) is 20.8. The number of nitrogens with zero attached hydrogens (tertiary/aromatic N) is 2. The average molecular weight is 251 g/mol. The third-order valence-electron chi connectivity index (χ3n) is 3.33. The van der Waals surface area contributed by atoms with E-state index in [1.54, 1.807) is 6.07 Å². The SMILES string of the molecule is CCCc1cc(C(=O)N2CCC[C@H](N)CC2)no1. The van der Waals surface area contributed by atoms with Gasteiger partial charge in [-0.05, 0) is 25.7 Å². The van der Waals surface area contributed by atoms with Gasteiger partial charge in [-0.3, -0.25) is 4.79 Å². The quantitative estimate of drug-likeness (QED) is 0.885. The molecule has 5 heteroatoms. The van der Waals surface area contributed by atoms with Crippen molar-refractivity contribution in [2.24, 2.45) is 5.73 Å². The van der Waals surface area contributed by atoms with E-state index in [4.69, 9.17) is 10.3 Å². The second-order valence-electron chi connectivity index (χ2n) is 4.91. The van der Waals surface area contributed by atoms with Crippen LogP contribution in [0.2, 0.25) is 0 Å². The Hall–Kier alpha value is -1.36. The van der Waals surface area contributed by atoms with Crippen LogP contribution in [0.4, 0.5) is 0 Å². The largest absolute Gasteiger partial charge is 0.361 e. The van der Waals surface area contributed by atoms with E-state index < -0.39 is 0 Å². The van der Waals surface area contributed by atoms with Gasteiger partial charge in [-0.2, -0.15) is 0 Å². The van der Waals surface area contributed by atoms with Crippen molar-refractivity contribution in [1.29, 1.82) is 0 Å². The molecule has 2 rings (SSSR count). The molecule has 100 valence electrons. The Labute approximate surface area is 107 Å². The molecule has 0 aromatic carbocycles. The zero-order valence-corrected chi connectivity index (χ0v) is 10.9. The van der Waals surface area contributed by atoms with Gasteiger partial charge in [-0.1, -0.05) is 12.1 Å². The molecule has 0 spiro atoms. The number of carbonyl (C=O) groups is 1. The van der Waals surface area contributed by atoms with E-state index in [-0.39, 0.29) is 11.9 Å². The van der Waals surface area contributed by atoms with E-state index in [1.807, 2.05) is 4.90 Å². The molecule has 0 radical (unpaired) electrons. The fourth-order valence-electron chi connectivity index (χ4n) is 2.27. The van der Waals surface area contributed by atoms with Crippen molar-refractivity contribution < 1.29 is 9.32 Å². The smallest absolute Gasteiger partial charge is 0.276 e. The van der Waals surface area contributed by atoms with Gasteiger partial charge in [0.15, 0.2) is 5.69 Å². The molecule has 1 saturated heterocycles. The monoisotopic (exact) mass is 251 g/mol. The molecule has 1 fully saturated rings. The summed E-state index contributed by atoms with van der Waals surface area (Å²) in [5.41, 5.74) is 6.33. The fourth-order valence-corrected chi connectivity index (χ4v) is 2.27. The third kappa shape index (κ3) is 3.10. The molecule has 1 aliphatic rings. The molecule has 2 N–H and O–H groups in total. The van der Waals surface area contributed by atoms with E-state index >= 15 is 0 Å². The highest BCUT2D eigenvalue weighted by Gasteiger charge is 2.22. The first kappa shape index (κ1) is 13.1. The van der Waals surface area contributed by atoms with Gasteiger partial charge < -0.3 is 15.2 Å². The minimum Gasteiger partial charge on any atom is -0.361 e. The number of aromatic nitrogens is 1. The van der Waals surface area contributed by atoms with Gasteiger partial charge in [0.1, 0.15) is 5.76 Å². The van der Waals surface area contributed by atoms with E-state index in [2.05, 4.69) is 12.1 Å². The summed E-state index contributed by atoms with van der Waals surface area (Å²) >= 11 is 0. The first-order valence-corrected chi connectivity index (χ1v) is 6.71. The minimum atomic E-state index is -0.0322. The van der Waals surface area contributed by atoms with Crippen molar-refractivity contribution in [1.82, 2.24) is 10.1 Å². The predicted molar refractivity (Wildman–Crippen MR) is 68.2 cm³/mol. The number of aryl methyl sites for hydroxylation is 1. The molecule has 0 saturated carbocycles. The van der Waals surface area contributed by atoms with Crippen molar-refractivity contribution in [3.8, 4) is 0 Å². The Kier molecular flexibility index (Phi) is 4.36. The van der Waals surface area contributed by atoms with Crippen molar-refractivity contribution in [3.05, 3.63) is 17.5 Å². The summed E-state index contributed by atoms with van der Waals surface area (Å²) in [6.07, 6.45) is 4.63. The van der Waals surface area contributed by atoms with Gasteiger partial charge in [0, 0.05) is 31.6 Å². The standard InChI is InChI=1S/C13H21N3O2/c1-2-4-11-9-12(15-18-11)13(17)16-7-3-5-10(14)6-8-16/h9-10H,2-8,14H2,1H3/t10-/m0/s1. The first-order chi connectivity index (χ1) is 8.70. The van der Waals surface area contributed by atoms with Crippen molar-refractivity contribution in [3.63, 3.8) is 0 Å². The molecule has 1 amide bonds. The molecule has 5 nitrogen and oxygen atoms in total. The average Bonchev–Trinajstić information content (AvgIpc) is 2.71. The highest BCUT2D eigenvalue weighted by Crippen LogP contribution is 2.14. The summed E-state index contributed by atoms with van der Waals surface area (Å²) < 4.78 is 5.15. The Morgan fingerprint density at radius 2 is 2.39 bits per heavy atom. The maximum Gasteiger partial charge on any atom is 0.276 e. The molecule has 1 aromatic rings. The van der Waals surface area contributed by atoms with Gasteiger partial charge in [-0.25, -0.2) is 0 Å². The second kappa shape index (κ2) is 6.00. The number of hydrogen-bond acceptors (Lipinski definition) is 4. The van der Waals surface area contributed by atoms with Crippen LogP contribution in [0, 0.1) is 0 Å². The van der Waals surface area contributed by atoms with Crippen LogP contribution in [0.5, 0.6) is 0 Å². The lowest BCUT2D eigenvalue weighted by Crippen LogP contribution is -2.33. The summed E-state index contributed by atoms with van der Waals surface area (Å²) in [6, 6.07) is 1.98. The number of hydrogen-bond donors (Lipinski definition) is 1. The maximum absolute atomic E-state index is 12.2. The molecular formula is C13H21N3O2. The summed E-state index contributed by atoms with van der Waals surface area (Å²) in [4.78, 5) is 14.1. The van der Waals surface area contributed by atoms with E-state index in [0.717, 1.165) is 51.0 Å². The minimum absolute atomic E-state index is 0.0322. The lowest BCUT2D eigenvalue weighted by Gasteiger charge is -2.18. The molecule has 0 aliphatic carbocycles. The maximum atomic E-state index is 12.2. The Morgan fingerprint density at radius 1 is 1.56 bits per heavy atom. The van der Waals surface area contributed by atoms with Crippen molar-refractivity contribution in [2.75, 3.05) is 13.1 Å². The van der Waals surface area contributed by atoms with E-state index in [9.17, 15) is 4.79 Å². The first-order valence-electron chi connectivity index (χ1n) is 6.71. The van der Waals surface area contributed by atoms with Crippen LogP contribution >= 0.6 is 0 Å². The summed E-state index contributed by atoms with van der Waals surface area (Å²) in [7, 11) is 0. The van der Waals surface area contributed by atoms with Crippen LogP contribution in [-0.4, -0.2) is 35.1 Å². The predicted octanol–water partition coefficient (Wildman–Crippen LogP) is 1.58. The number of likely N-dealkylation sites (tertiary alicyclic amines) is 1. The van der Waals surface area contributed by atoms with Gasteiger partial charge in [0.25, 0.3) is 5.91 Å². The van der Waals surface area contributed by atoms with Crippen LogP contribution in [0.3, 0.4) is 0 Å². The molecule has 1 atom stereocenters. The second-order valence-corrected chi connectivity index (χ2v) is 4.91. The zero-order valence-electron chi connectivity index (χ0n) is 10.9. The molecule has 0 bridgehead atoms. The van der Waals surface area contributed by atoms with E-state index in [0.29, 0.717) is 5.69 Å². The van der Waals surface area contributed by atoms with Gasteiger partial charge in [0.05, 0.1) is 0 Å². The number of nitrogens with two attached hydrogens (primary N) is 1. The third-order valence-corrected chi connectivity index (χ3v) is 3.33. The highest BCUT2D eigenvalue weighted by molar-refractivity contribution is 5.92. The van der Waals surface area contributed by atoms with Crippen LogP contribution < -0.4 is 5.73 Å². The van der Waals surface area contributed by atoms with Crippen LogP contribution in [0.25, 0.3) is 0 Å². The van der Waals surface area contributed by atoms with E-state index in [1.165, 1.54) is 0 Å². The van der Waals surface area contributed by atoms with Crippen LogP contribution in [0.1, 0.15) is 48.9 Å². The molecule has 18 heavy (non-hydrogen) atoms. The Bertz CT molecular complexity index is 403. The lowest BCUT2D eigenvalue weighted by atomic mass is 10.1. The summed E-state index contributed by atoms with van der Waals surface area (Å²) in [5, 5.41) is 3.86. The van der Waals surface area contributed by atoms with Crippen molar-refractivity contribution in [2.45, 2.75) is 45.1 Å². The number of rotatable bonds is 3. The Morgan fingerprint density at radius 3 is 3.17 bits per heavy atom. The van der Waals surface area contributed by atoms with Crippen LogP contribution in [-0.2, 0) is 6.42 Å². The summed E-state index contributed by atoms with van der Waals surface area (Å²) in [5.74, 6) is 0.752. The topological polar surface area (TPSA) is 72.4 Å². The van der Waals surface area contributed by atoms with Gasteiger partial charge in [0.2, 0.25) is 0 Å². The highest BCUT2D eigenvalue weighted by atomic mass is 16.5. The van der Waals surface area contributed by atoms with Gasteiger partial charge >= 0.3 is 0 Å². The fraction of sp³-hybridized carbons (Fsp3) is 0.692. The van der Waals surface area contributed by atoms with Gasteiger partial charge in [-0.15, -0.1) is 0 Å². The van der Waals surface area contributed by atoms with Crippen molar-refractivity contribution >= 4 is 5.91 Å². The molecule has 0 unspecified atom stereocenters. The molecule has 2 heterocycles.